The van der Waals surface area contributed by atoms with Crippen LogP contribution in [0.4, 0.5) is 11.4 Å². The Morgan fingerprint density at radius 3 is 2.64 bits per heavy atom. The highest BCUT2D eigenvalue weighted by Gasteiger charge is 2.34. The van der Waals surface area contributed by atoms with Gasteiger partial charge in [-0.1, -0.05) is 6.07 Å². The lowest BCUT2D eigenvalue weighted by molar-refractivity contribution is -0.139. The molecule has 0 saturated carbocycles. The largest absolute Gasteiger partial charge is 0.324 e. The lowest BCUT2D eigenvalue weighted by atomic mass is 10.1. The van der Waals surface area contributed by atoms with Gasteiger partial charge in [0.25, 0.3) is 5.91 Å². The molecule has 8 nitrogen and oxygen atoms in total. The number of nitrogens with zero attached hydrogens (tertiary/aromatic N) is 1. The van der Waals surface area contributed by atoms with Gasteiger partial charge in [0, 0.05) is 12.2 Å². The van der Waals surface area contributed by atoms with Crippen LogP contribution in [0.5, 0.6) is 0 Å². The van der Waals surface area contributed by atoms with Gasteiger partial charge in [-0.2, -0.15) is 0 Å². The van der Waals surface area contributed by atoms with Gasteiger partial charge in [-0.25, -0.2) is 13.8 Å². The topological polar surface area (TPSA) is 108 Å². The smallest absolute Gasteiger partial charge is 0.256 e. The van der Waals surface area contributed by atoms with Gasteiger partial charge in [0.15, 0.2) is 0 Å². The number of nitrogens with one attached hydrogen (secondary N) is 3. The molecular weight excluding hydrogens is 391 g/mol. The Kier molecular flexibility index (Phi) is 6.15. The number of sulfonamides is 1. The van der Waals surface area contributed by atoms with Crippen LogP contribution in [-0.2, 0) is 19.6 Å². The standard InChI is InChI=1S/C14H18Cl2N4O4S/c1-8-10(4-3-5-11(8)19-25(2,23)24)18-12(21)7-20-14(22)13(16)9(15)6-17-20/h3-5,9,13,17,19H,6-7H2,1-2H3,(H,18,21). The van der Waals surface area contributed by atoms with Crippen molar-refractivity contribution in [3.63, 3.8) is 0 Å². The molecular formula is C14H18Cl2N4O4S. The molecule has 2 atom stereocenters. The van der Waals surface area contributed by atoms with Crippen LogP contribution in [0.15, 0.2) is 18.2 Å². The number of carbonyl (C=O) groups excluding carboxylic acids is 2. The van der Waals surface area contributed by atoms with Crippen molar-refractivity contribution in [2.45, 2.75) is 17.7 Å². The molecule has 25 heavy (non-hydrogen) atoms. The van der Waals surface area contributed by atoms with E-state index in [9.17, 15) is 18.0 Å². The second kappa shape index (κ2) is 7.77. The monoisotopic (exact) mass is 408 g/mol. The van der Waals surface area contributed by atoms with E-state index in [0.29, 0.717) is 16.9 Å². The first kappa shape index (κ1) is 19.8. The van der Waals surface area contributed by atoms with Crippen LogP contribution >= 0.6 is 23.2 Å². The molecule has 138 valence electrons. The fraction of sp³-hybridized carbons (Fsp3) is 0.429. The highest BCUT2D eigenvalue weighted by molar-refractivity contribution is 7.92. The van der Waals surface area contributed by atoms with E-state index in [1.54, 1.807) is 25.1 Å². The van der Waals surface area contributed by atoms with Crippen molar-refractivity contribution in [3.8, 4) is 0 Å². The van der Waals surface area contributed by atoms with Crippen molar-refractivity contribution < 1.29 is 18.0 Å². The summed E-state index contributed by atoms with van der Waals surface area (Å²) in [5.74, 6) is -0.940. The SMILES string of the molecule is Cc1c(NC(=O)CN2NCC(Cl)C(Cl)C2=O)cccc1NS(C)(=O)=O. The molecule has 0 aromatic heterocycles. The van der Waals surface area contributed by atoms with E-state index in [1.807, 2.05) is 0 Å². The van der Waals surface area contributed by atoms with Crippen molar-refractivity contribution in [3.05, 3.63) is 23.8 Å². The van der Waals surface area contributed by atoms with Crippen LogP contribution in [0, 0.1) is 6.92 Å². The number of hydrazine groups is 1. The van der Waals surface area contributed by atoms with E-state index in [-0.39, 0.29) is 13.1 Å². The number of anilines is 2. The zero-order valence-electron chi connectivity index (χ0n) is 13.5. The lowest BCUT2D eigenvalue weighted by Crippen LogP contribution is -2.58. The van der Waals surface area contributed by atoms with Crippen LogP contribution in [0.1, 0.15) is 5.56 Å². The summed E-state index contributed by atoms with van der Waals surface area (Å²) in [5, 5.41) is 2.31. The molecule has 0 spiro atoms. The zero-order chi connectivity index (χ0) is 18.8. The molecule has 1 aromatic rings. The third-order valence-electron chi connectivity index (χ3n) is 3.50. The first-order valence-corrected chi connectivity index (χ1v) is 10.0. The number of alkyl halides is 2. The summed E-state index contributed by atoms with van der Waals surface area (Å²) in [7, 11) is -3.44. The average molecular weight is 409 g/mol. The van der Waals surface area contributed by atoms with E-state index < -0.39 is 32.6 Å². The minimum absolute atomic E-state index is 0.255. The Balaban J connectivity index is 2.06. The predicted octanol–water partition coefficient (Wildman–Crippen LogP) is 0.867. The summed E-state index contributed by atoms with van der Waals surface area (Å²) in [6, 6.07) is 4.82. The average Bonchev–Trinajstić information content (AvgIpc) is 2.51. The molecule has 1 aromatic carbocycles. The van der Waals surface area contributed by atoms with Gasteiger partial charge in [-0.3, -0.25) is 19.3 Å². The maximum absolute atomic E-state index is 12.2. The molecule has 2 rings (SSSR count). The number of hydrogen-bond acceptors (Lipinski definition) is 5. The fourth-order valence-electron chi connectivity index (χ4n) is 2.23. The fourth-order valence-corrected chi connectivity index (χ4v) is 3.24. The summed E-state index contributed by atoms with van der Waals surface area (Å²) in [6.07, 6.45) is 1.04. The summed E-state index contributed by atoms with van der Waals surface area (Å²) in [4.78, 5) is 24.2. The van der Waals surface area contributed by atoms with E-state index in [4.69, 9.17) is 23.2 Å². The number of amides is 2. The lowest BCUT2D eigenvalue weighted by Gasteiger charge is -2.32. The molecule has 2 unspecified atom stereocenters. The van der Waals surface area contributed by atoms with Crippen molar-refractivity contribution in [2.24, 2.45) is 0 Å². The third-order valence-corrected chi connectivity index (χ3v) is 5.12. The molecule has 1 heterocycles. The molecule has 0 bridgehead atoms. The highest BCUT2D eigenvalue weighted by Crippen LogP contribution is 2.24. The van der Waals surface area contributed by atoms with Gasteiger partial charge in [0.2, 0.25) is 15.9 Å². The summed E-state index contributed by atoms with van der Waals surface area (Å²) in [6.45, 7) is 1.68. The first-order valence-electron chi connectivity index (χ1n) is 7.29. The number of carbonyl (C=O) groups is 2. The van der Waals surface area contributed by atoms with Crippen LogP contribution in [0.2, 0.25) is 0 Å². The van der Waals surface area contributed by atoms with Gasteiger partial charge < -0.3 is 5.32 Å². The van der Waals surface area contributed by atoms with Gasteiger partial charge in [0.05, 0.1) is 17.3 Å². The van der Waals surface area contributed by atoms with Gasteiger partial charge >= 0.3 is 0 Å². The Morgan fingerprint density at radius 2 is 2.00 bits per heavy atom. The van der Waals surface area contributed by atoms with E-state index >= 15 is 0 Å². The number of hydrogen-bond donors (Lipinski definition) is 3. The van der Waals surface area contributed by atoms with E-state index in [2.05, 4.69) is 15.5 Å². The molecule has 3 N–H and O–H groups in total. The quantitative estimate of drug-likeness (QED) is 0.626. The molecule has 11 heteroatoms. The van der Waals surface area contributed by atoms with Crippen molar-refractivity contribution in [1.82, 2.24) is 10.4 Å². The second-order valence-electron chi connectivity index (χ2n) is 5.60. The van der Waals surface area contributed by atoms with Gasteiger partial charge in [-0.15, -0.1) is 23.2 Å². The van der Waals surface area contributed by atoms with Gasteiger partial charge in [-0.05, 0) is 24.6 Å². The number of halogens is 2. The van der Waals surface area contributed by atoms with Crippen LogP contribution in [0.3, 0.4) is 0 Å². The van der Waals surface area contributed by atoms with E-state index in [1.165, 1.54) is 0 Å². The maximum Gasteiger partial charge on any atom is 0.256 e. The highest BCUT2D eigenvalue weighted by atomic mass is 35.5. The van der Waals surface area contributed by atoms with Crippen molar-refractivity contribution in [2.75, 3.05) is 29.4 Å². The Bertz CT molecular complexity index is 787. The number of rotatable bonds is 5. The molecule has 2 amide bonds. The van der Waals surface area contributed by atoms with Crippen LogP contribution < -0.4 is 15.5 Å². The first-order chi connectivity index (χ1) is 11.6. The summed E-state index contributed by atoms with van der Waals surface area (Å²) < 4.78 is 25.1. The normalized spacial score (nSPS) is 21.1. The van der Waals surface area contributed by atoms with Crippen LogP contribution in [-0.4, -0.2) is 55.3 Å². The van der Waals surface area contributed by atoms with Crippen molar-refractivity contribution >= 4 is 56.4 Å². The van der Waals surface area contributed by atoms with Gasteiger partial charge in [0.1, 0.15) is 11.9 Å². The zero-order valence-corrected chi connectivity index (χ0v) is 15.9. The second-order valence-corrected chi connectivity index (χ2v) is 8.38. The number of benzene rings is 1. The predicted molar refractivity (Wildman–Crippen MR) is 97.3 cm³/mol. The minimum atomic E-state index is -3.44. The molecule has 0 aliphatic carbocycles. The summed E-state index contributed by atoms with van der Waals surface area (Å²) >= 11 is 11.8. The molecule has 1 aliphatic heterocycles. The Morgan fingerprint density at radius 1 is 1.36 bits per heavy atom. The molecule has 1 aliphatic rings. The summed E-state index contributed by atoms with van der Waals surface area (Å²) in [5.41, 5.74) is 4.08. The van der Waals surface area contributed by atoms with E-state index in [0.717, 1.165) is 11.3 Å². The van der Waals surface area contributed by atoms with Crippen LogP contribution in [0.25, 0.3) is 0 Å². The molecule has 0 radical (unpaired) electrons. The Labute approximate surface area is 155 Å². The third kappa shape index (κ3) is 5.21. The maximum atomic E-state index is 12.2. The van der Waals surface area contributed by atoms with Crippen molar-refractivity contribution in [1.29, 1.82) is 0 Å². The Hall–Kier alpha value is -1.55. The minimum Gasteiger partial charge on any atom is -0.324 e. The molecule has 1 saturated heterocycles. The molecule has 1 fully saturated rings.